The molecule has 0 N–H and O–H groups in total. The molecule has 4 aromatic rings. The van der Waals surface area contributed by atoms with Crippen molar-refractivity contribution in [2.24, 2.45) is 0 Å². The number of fused-ring (bicyclic) bond motifs is 3. The van der Waals surface area contributed by atoms with Gasteiger partial charge >= 0.3 is 0 Å². The Balaban J connectivity index is 2.06. The molecule has 0 aliphatic heterocycles. The molecule has 0 saturated heterocycles. The van der Waals surface area contributed by atoms with Crippen molar-refractivity contribution < 1.29 is 4.74 Å². The minimum atomic E-state index is -0.165. The van der Waals surface area contributed by atoms with Gasteiger partial charge in [0.05, 0.1) is 28.9 Å². The summed E-state index contributed by atoms with van der Waals surface area (Å²) < 4.78 is 8.79. The number of aromatic nitrogens is 5. The van der Waals surface area contributed by atoms with Gasteiger partial charge in [0.1, 0.15) is 12.1 Å². The third-order valence-electron chi connectivity index (χ3n) is 3.88. The van der Waals surface area contributed by atoms with E-state index in [0.717, 1.165) is 0 Å². The zero-order valence-corrected chi connectivity index (χ0v) is 13.3. The average Bonchev–Trinajstić information content (AvgIpc) is 3.04. The summed E-state index contributed by atoms with van der Waals surface area (Å²) in [5.74, 6) is 1.14. The van der Waals surface area contributed by atoms with Gasteiger partial charge in [0.2, 0.25) is 0 Å². The molecule has 0 amide bonds. The molecule has 3 aromatic heterocycles. The van der Waals surface area contributed by atoms with Gasteiger partial charge in [-0.2, -0.15) is 14.6 Å². The number of hydrogen-bond acceptors (Lipinski definition) is 5. The maximum Gasteiger partial charge on any atom is 0.266 e. The van der Waals surface area contributed by atoms with Gasteiger partial charge in [0, 0.05) is 6.20 Å². The van der Waals surface area contributed by atoms with Crippen LogP contribution in [0.25, 0.3) is 22.4 Å². The minimum absolute atomic E-state index is 0.165. The summed E-state index contributed by atoms with van der Waals surface area (Å²) >= 11 is 0. The molecule has 24 heavy (non-hydrogen) atoms. The Morgan fingerprint density at radius 3 is 2.88 bits per heavy atom. The van der Waals surface area contributed by atoms with Crippen molar-refractivity contribution >= 4 is 16.7 Å². The smallest absolute Gasteiger partial charge is 0.266 e. The molecule has 4 rings (SSSR count). The van der Waals surface area contributed by atoms with Crippen molar-refractivity contribution in [3.63, 3.8) is 0 Å². The fourth-order valence-corrected chi connectivity index (χ4v) is 2.85. The molecule has 3 heterocycles. The maximum absolute atomic E-state index is 13.1. The fraction of sp³-hybridized carbons (Fsp3) is 0.176. The molecule has 0 spiro atoms. The SMILES string of the molecule is CCOc1ccccc1-n1ccc2c(c(C)nc3ncnn32)c1=O. The van der Waals surface area contributed by atoms with Crippen LogP contribution in [0.4, 0.5) is 0 Å². The highest BCUT2D eigenvalue weighted by molar-refractivity contribution is 5.82. The molecule has 120 valence electrons. The van der Waals surface area contributed by atoms with Crippen LogP contribution in [-0.2, 0) is 0 Å². The Morgan fingerprint density at radius 1 is 1.21 bits per heavy atom. The van der Waals surface area contributed by atoms with Crippen molar-refractivity contribution in [3.8, 4) is 11.4 Å². The van der Waals surface area contributed by atoms with Gasteiger partial charge in [0.25, 0.3) is 11.3 Å². The van der Waals surface area contributed by atoms with Gasteiger partial charge in [-0.3, -0.25) is 9.36 Å². The summed E-state index contributed by atoms with van der Waals surface area (Å²) in [6.45, 7) is 4.24. The molecule has 7 heteroatoms. The Bertz CT molecular complexity index is 1110. The quantitative estimate of drug-likeness (QED) is 0.578. The first-order chi connectivity index (χ1) is 11.7. The number of nitrogens with zero attached hydrogens (tertiary/aromatic N) is 5. The van der Waals surface area contributed by atoms with Gasteiger partial charge in [0.15, 0.2) is 0 Å². The largest absolute Gasteiger partial charge is 0.492 e. The minimum Gasteiger partial charge on any atom is -0.492 e. The van der Waals surface area contributed by atoms with E-state index in [9.17, 15) is 4.79 Å². The molecule has 0 saturated carbocycles. The van der Waals surface area contributed by atoms with Crippen LogP contribution in [0.15, 0.2) is 47.7 Å². The summed E-state index contributed by atoms with van der Waals surface area (Å²) in [4.78, 5) is 21.5. The second kappa shape index (κ2) is 5.45. The van der Waals surface area contributed by atoms with E-state index in [1.807, 2.05) is 37.3 Å². The molecule has 0 fully saturated rings. The van der Waals surface area contributed by atoms with Gasteiger partial charge in [-0.1, -0.05) is 12.1 Å². The van der Waals surface area contributed by atoms with Crippen molar-refractivity contribution in [2.75, 3.05) is 6.61 Å². The summed E-state index contributed by atoms with van der Waals surface area (Å²) in [6.07, 6.45) is 3.15. The van der Waals surface area contributed by atoms with Gasteiger partial charge < -0.3 is 4.74 Å². The molecule has 0 bridgehead atoms. The summed E-state index contributed by atoms with van der Waals surface area (Å²) in [6, 6.07) is 9.30. The van der Waals surface area contributed by atoms with Crippen LogP contribution in [0.1, 0.15) is 12.6 Å². The number of ether oxygens (including phenoxy) is 1. The van der Waals surface area contributed by atoms with Crippen LogP contribution in [-0.4, -0.2) is 30.8 Å². The molecule has 0 aliphatic carbocycles. The van der Waals surface area contributed by atoms with Crippen LogP contribution in [0.2, 0.25) is 0 Å². The predicted octanol–water partition coefficient (Wildman–Crippen LogP) is 2.14. The van der Waals surface area contributed by atoms with E-state index in [2.05, 4.69) is 15.1 Å². The summed E-state index contributed by atoms with van der Waals surface area (Å²) in [5, 5.41) is 4.66. The van der Waals surface area contributed by atoms with Crippen molar-refractivity contribution in [1.29, 1.82) is 0 Å². The van der Waals surface area contributed by atoms with Gasteiger partial charge in [-0.25, -0.2) is 4.98 Å². The Morgan fingerprint density at radius 2 is 2.04 bits per heavy atom. The van der Waals surface area contributed by atoms with E-state index in [-0.39, 0.29) is 5.56 Å². The van der Waals surface area contributed by atoms with Gasteiger partial charge in [-0.05, 0) is 32.0 Å². The summed E-state index contributed by atoms with van der Waals surface area (Å²) in [5.41, 5.74) is 1.84. The van der Waals surface area contributed by atoms with E-state index < -0.39 is 0 Å². The lowest BCUT2D eigenvalue weighted by Crippen LogP contribution is -2.20. The molecule has 7 nitrogen and oxygen atoms in total. The normalized spacial score (nSPS) is 11.2. The first-order valence-corrected chi connectivity index (χ1v) is 7.64. The first-order valence-electron chi connectivity index (χ1n) is 7.64. The second-order valence-electron chi connectivity index (χ2n) is 5.32. The zero-order valence-electron chi connectivity index (χ0n) is 13.3. The standard InChI is InChI=1S/C17H15N5O2/c1-3-24-14-7-5-4-6-12(14)21-9-8-13-15(16(21)23)11(2)20-17-18-10-19-22(13)17/h4-10H,3H2,1-2H3. The molecular weight excluding hydrogens is 306 g/mol. The third-order valence-corrected chi connectivity index (χ3v) is 3.88. The number of benzene rings is 1. The number of hydrogen-bond donors (Lipinski definition) is 0. The first kappa shape index (κ1) is 14.4. The highest BCUT2D eigenvalue weighted by Gasteiger charge is 2.14. The number of pyridine rings is 1. The van der Waals surface area contributed by atoms with Crippen molar-refractivity contribution in [1.82, 2.24) is 24.1 Å². The molecule has 1 aromatic carbocycles. The molecule has 0 atom stereocenters. The fourth-order valence-electron chi connectivity index (χ4n) is 2.85. The third kappa shape index (κ3) is 2.05. The lowest BCUT2D eigenvalue weighted by atomic mass is 10.2. The van der Waals surface area contributed by atoms with Crippen LogP contribution in [0.5, 0.6) is 5.75 Å². The van der Waals surface area contributed by atoms with Crippen LogP contribution < -0.4 is 10.3 Å². The summed E-state index contributed by atoms with van der Waals surface area (Å²) in [7, 11) is 0. The molecule has 0 radical (unpaired) electrons. The lowest BCUT2D eigenvalue weighted by Gasteiger charge is -2.13. The number of rotatable bonds is 3. The van der Waals surface area contributed by atoms with Gasteiger partial charge in [-0.15, -0.1) is 0 Å². The Labute approximate surface area is 137 Å². The molecule has 0 unspecified atom stereocenters. The Kier molecular flexibility index (Phi) is 3.26. The van der Waals surface area contributed by atoms with Crippen molar-refractivity contribution in [2.45, 2.75) is 13.8 Å². The van der Waals surface area contributed by atoms with E-state index in [4.69, 9.17) is 4.74 Å². The Hall–Kier alpha value is -3.22. The van der Waals surface area contributed by atoms with Crippen molar-refractivity contribution in [3.05, 3.63) is 58.9 Å². The topological polar surface area (TPSA) is 74.3 Å². The van der Waals surface area contributed by atoms with Crippen LogP contribution in [0.3, 0.4) is 0 Å². The van der Waals surface area contributed by atoms with E-state index in [1.54, 1.807) is 22.2 Å². The second-order valence-corrected chi connectivity index (χ2v) is 5.32. The van der Waals surface area contributed by atoms with E-state index >= 15 is 0 Å². The van der Waals surface area contributed by atoms with Crippen LogP contribution >= 0.6 is 0 Å². The number of para-hydroxylation sites is 2. The molecule has 0 aliphatic rings. The zero-order chi connectivity index (χ0) is 16.7. The monoisotopic (exact) mass is 321 g/mol. The highest BCUT2D eigenvalue weighted by atomic mass is 16.5. The predicted molar refractivity (Wildman–Crippen MR) is 89.8 cm³/mol. The maximum atomic E-state index is 13.1. The number of aryl methyl sites for hydroxylation is 1. The average molecular weight is 321 g/mol. The lowest BCUT2D eigenvalue weighted by molar-refractivity contribution is 0.339. The molecular formula is C17H15N5O2. The van der Waals surface area contributed by atoms with Crippen LogP contribution in [0, 0.1) is 6.92 Å². The van der Waals surface area contributed by atoms with E-state index in [0.29, 0.717) is 40.4 Å². The highest BCUT2D eigenvalue weighted by Crippen LogP contribution is 2.22. The van der Waals surface area contributed by atoms with E-state index in [1.165, 1.54) is 6.33 Å².